The lowest BCUT2D eigenvalue weighted by molar-refractivity contribution is 0.0357. The van der Waals surface area contributed by atoms with Gasteiger partial charge >= 0.3 is 0 Å². The molecule has 1 fully saturated rings. The van der Waals surface area contributed by atoms with E-state index in [0.29, 0.717) is 40.6 Å². The van der Waals surface area contributed by atoms with Crippen molar-refractivity contribution >= 4 is 16.7 Å². The van der Waals surface area contributed by atoms with Crippen LogP contribution in [0.4, 0.5) is 4.39 Å². The van der Waals surface area contributed by atoms with Crippen LogP contribution in [0, 0.1) is 5.82 Å². The van der Waals surface area contributed by atoms with Crippen molar-refractivity contribution in [2.45, 2.75) is 19.4 Å². The summed E-state index contributed by atoms with van der Waals surface area (Å²) in [5.74, 6) is 0.771. The molecule has 1 aromatic carbocycles. The number of ether oxygens (including phenoxy) is 3. The summed E-state index contributed by atoms with van der Waals surface area (Å²) < 4.78 is 30.8. The number of rotatable bonds is 11. The number of ketones is 1. The normalized spacial score (nSPS) is 13.9. The van der Waals surface area contributed by atoms with Gasteiger partial charge in [0.1, 0.15) is 28.8 Å². The molecule has 1 N–H and O–H groups in total. The molecule has 3 aromatic heterocycles. The highest BCUT2D eigenvalue weighted by Gasteiger charge is 2.14. The SMILES string of the molecule is O=C(Cc1ccc(Oc2ccnc3cc(OCCCN4CCOCC4)c(CO)cc23)cn1)c1cc(F)ccn1. The van der Waals surface area contributed by atoms with Crippen LogP contribution in [0.2, 0.25) is 0 Å². The molecule has 39 heavy (non-hydrogen) atoms. The Hall–Kier alpha value is -3.99. The summed E-state index contributed by atoms with van der Waals surface area (Å²) in [7, 11) is 0. The summed E-state index contributed by atoms with van der Waals surface area (Å²) in [6.45, 7) is 4.69. The first-order chi connectivity index (χ1) is 19.1. The second-order valence-corrected chi connectivity index (χ2v) is 9.15. The third kappa shape index (κ3) is 6.91. The van der Waals surface area contributed by atoms with E-state index in [-0.39, 0.29) is 24.5 Å². The molecule has 4 heterocycles. The van der Waals surface area contributed by atoms with E-state index in [1.54, 1.807) is 24.4 Å². The van der Waals surface area contributed by atoms with Gasteiger partial charge in [0.15, 0.2) is 5.78 Å². The summed E-state index contributed by atoms with van der Waals surface area (Å²) in [5, 5.41) is 10.7. The number of pyridine rings is 3. The van der Waals surface area contributed by atoms with Gasteiger partial charge in [-0.2, -0.15) is 0 Å². The van der Waals surface area contributed by atoms with Crippen LogP contribution in [0.5, 0.6) is 17.2 Å². The van der Waals surface area contributed by atoms with Crippen LogP contribution in [0.15, 0.2) is 61.1 Å². The van der Waals surface area contributed by atoms with E-state index in [0.717, 1.165) is 50.7 Å². The number of morpholine rings is 1. The zero-order valence-electron chi connectivity index (χ0n) is 21.4. The number of carbonyl (C=O) groups excluding carboxylic acids is 1. The highest BCUT2D eigenvalue weighted by molar-refractivity contribution is 5.95. The predicted molar refractivity (Wildman–Crippen MR) is 142 cm³/mol. The van der Waals surface area contributed by atoms with E-state index in [1.165, 1.54) is 18.5 Å². The standard InChI is InChI=1S/C29H29FN4O5/c30-21-4-6-32-26(15-21)27(36)16-22-2-3-23(18-33-22)39-28-5-7-31-25-17-29(20(19-35)14-24(25)28)38-11-1-8-34-9-12-37-13-10-34/h2-7,14-15,17-18,35H,1,8-13,16,19H2. The minimum atomic E-state index is -0.513. The van der Waals surface area contributed by atoms with Gasteiger partial charge in [-0.25, -0.2) is 4.39 Å². The van der Waals surface area contributed by atoms with Crippen LogP contribution >= 0.6 is 0 Å². The first-order valence-corrected chi connectivity index (χ1v) is 12.8. The van der Waals surface area contributed by atoms with E-state index < -0.39 is 5.82 Å². The molecule has 0 bridgehead atoms. The Morgan fingerprint density at radius 1 is 1.03 bits per heavy atom. The van der Waals surface area contributed by atoms with Gasteiger partial charge in [0.2, 0.25) is 0 Å². The Kier molecular flexibility index (Phi) is 8.67. The van der Waals surface area contributed by atoms with Crippen LogP contribution in [0.1, 0.15) is 28.2 Å². The number of Topliss-reactive ketones (excluding diaryl/α,β-unsaturated/α-hetero) is 1. The molecule has 1 saturated heterocycles. The van der Waals surface area contributed by atoms with Crippen molar-refractivity contribution in [3.05, 3.63) is 83.8 Å². The molecule has 0 saturated carbocycles. The summed E-state index contributed by atoms with van der Waals surface area (Å²) in [4.78, 5) is 27.4. The largest absolute Gasteiger partial charge is 0.493 e. The topological polar surface area (TPSA) is 107 Å². The van der Waals surface area contributed by atoms with Gasteiger partial charge < -0.3 is 19.3 Å². The van der Waals surface area contributed by atoms with Crippen molar-refractivity contribution in [1.82, 2.24) is 19.9 Å². The van der Waals surface area contributed by atoms with E-state index >= 15 is 0 Å². The number of aromatic nitrogens is 3. The molecule has 0 aliphatic carbocycles. The number of hydrogen-bond acceptors (Lipinski definition) is 9. The molecule has 0 radical (unpaired) electrons. The molecule has 0 unspecified atom stereocenters. The van der Waals surface area contributed by atoms with Gasteiger partial charge in [0.25, 0.3) is 0 Å². The number of benzene rings is 1. The second-order valence-electron chi connectivity index (χ2n) is 9.15. The van der Waals surface area contributed by atoms with E-state index in [4.69, 9.17) is 14.2 Å². The maximum Gasteiger partial charge on any atom is 0.187 e. The molecule has 1 aliphatic rings. The smallest absolute Gasteiger partial charge is 0.187 e. The van der Waals surface area contributed by atoms with Crippen molar-refractivity contribution in [3.63, 3.8) is 0 Å². The number of nitrogens with zero attached hydrogens (tertiary/aromatic N) is 4. The molecular weight excluding hydrogens is 503 g/mol. The monoisotopic (exact) mass is 532 g/mol. The van der Waals surface area contributed by atoms with Crippen LogP contribution in [-0.2, 0) is 17.8 Å². The molecule has 4 aromatic rings. The number of halogens is 1. The summed E-state index contributed by atoms with van der Waals surface area (Å²) in [6, 6.07) is 11.1. The molecule has 9 nitrogen and oxygen atoms in total. The first kappa shape index (κ1) is 26.6. The fourth-order valence-electron chi connectivity index (χ4n) is 4.35. The quantitative estimate of drug-likeness (QED) is 0.227. The lowest BCUT2D eigenvalue weighted by Crippen LogP contribution is -2.37. The zero-order valence-corrected chi connectivity index (χ0v) is 21.4. The minimum absolute atomic E-state index is 0.00992. The van der Waals surface area contributed by atoms with E-state index in [1.807, 2.05) is 12.1 Å². The molecule has 10 heteroatoms. The molecular formula is C29H29FN4O5. The Morgan fingerprint density at radius 3 is 2.64 bits per heavy atom. The Bertz CT molecular complexity index is 1430. The highest BCUT2D eigenvalue weighted by atomic mass is 19.1. The Balaban J connectivity index is 1.24. The van der Waals surface area contributed by atoms with E-state index in [9.17, 15) is 14.3 Å². The summed E-state index contributed by atoms with van der Waals surface area (Å²) in [6.07, 6.45) is 5.28. The van der Waals surface area contributed by atoms with Crippen LogP contribution in [-0.4, -0.2) is 70.2 Å². The second kappa shape index (κ2) is 12.7. The summed E-state index contributed by atoms with van der Waals surface area (Å²) in [5.41, 5.74) is 1.88. The van der Waals surface area contributed by atoms with E-state index in [2.05, 4.69) is 19.9 Å². The lowest BCUT2D eigenvalue weighted by Gasteiger charge is -2.26. The van der Waals surface area contributed by atoms with Crippen LogP contribution < -0.4 is 9.47 Å². The average molecular weight is 533 g/mol. The number of fused-ring (bicyclic) bond motifs is 1. The number of aliphatic hydroxyl groups excluding tert-OH is 1. The average Bonchev–Trinajstić information content (AvgIpc) is 2.96. The molecule has 1 aliphatic heterocycles. The van der Waals surface area contributed by atoms with Crippen molar-refractivity contribution in [1.29, 1.82) is 0 Å². The number of hydrogen-bond donors (Lipinski definition) is 1. The zero-order chi connectivity index (χ0) is 27.0. The van der Waals surface area contributed by atoms with Gasteiger partial charge in [0, 0.05) is 60.8 Å². The third-order valence-corrected chi connectivity index (χ3v) is 6.41. The highest BCUT2D eigenvalue weighted by Crippen LogP contribution is 2.33. The van der Waals surface area contributed by atoms with Crippen molar-refractivity contribution in [2.75, 3.05) is 39.5 Å². The molecule has 0 atom stereocenters. The van der Waals surface area contributed by atoms with Crippen LogP contribution in [0.3, 0.4) is 0 Å². The minimum Gasteiger partial charge on any atom is -0.493 e. The molecule has 5 rings (SSSR count). The molecule has 0 amide bonds. The third-order valence-electron chi connectivity index (χ3n) is 6.41. The molecule has 0 spiro atoms. The fraction of sp³-hybridized carbons (Fsp3) is 0.310. The van der Waals surface area contributed by atoms with Gasteiger partial charge in [-0.05, 0) is 36.8 Å². The number of aliphatic hydroxyl groups is 1. The fourth-order valence-corrected chi connectivity index (χ4v) is 4.35. The predicted octanol–water partition coefficient (Wildman–Crippen LogP) is 3.98. The maximum absolute atomic E-state index is 13.4. The number of carbonyl (C=O) groups is 1. The lowest BCUT2D eigenvalue weighted by atomic mass is 10.1. The first-order valence-electron chi connectivity index (χ1n) is 12.8. The van der Waals surface area contributed by atoms with Gasteiger partial charge in [0.05, 0.1) is 44.6 Å². The summed E-state index contributed by atoms with van der Waals surface area (Å²) >= 11 is 0. The van der Waals surface area contributed by atoms with Crippen molar-refractivity contribution < 1.29 is 28.5 Å². The van der Waals surface area contributed by atoms with Crippen molar-refractivity contribution in [2.24, 2.45) is 0 Å². The molecule has 202 valence electrons. The van der Waals surface area contributed by atoms with Crippen LogP contribution in [0.25, 0.3) is 10.9 Å². The van der Waals surface area contributed by atoms with Gasteiger partial charge in [-0.1, -0.05) is 0 Å². The van der Waals surface area contributed by atoms with Gasteiger partial charge in [-0.15, -0.1) is 0 Å². The van der Waals surface area contributed by atoms with Gasteiger partial charge in [-0.3, -0.25) is 24.6 Å². The van der Waals surface area contributed by atoms with Crippen molar-refractivity contribution in [3.8, 4) is 17.2 Å². The Morgan fingerprint density at radius 2 is 1.87 bits per heavy atom. The Labute approximate surface area is 225 Å². The maximum atomic E-state index is 13.4.